The maximum Gasteiger partial charge on any atom is 0.220 e. The number of nitrogens with zero attached hydrogens (tertiary/aromatic N) is 4. The molecule has 0 aliphatic heterocycles. The van der Waals surface area contributed by atoms with E-state index in [1.54, 1.807) is 24.3 Å². The number of aromatic nitrogens is 3. The summed E-state index contributed by atoms with van der Waals surface area (Å²) in [6.45, 7) is 1.88. The Morgan fingerprint density at radius 3 is 2.39 bits per heavy atom. The lowest BCUT2D eigenvalue weighted by molar-refractivity contribution is -0.479. The zero-order valence-electron chi connectivity index (χ0n) is 17.8. The van der Waals surface area contributed by atoms with Crippen molar-refractivity contribution < 1.29 is 14.1 Å². The fraction of sp³-hybridized carbons (Fsp3) is 0.167. The highest BCUT2D eigenvalue weighted by atomic mass is 32.2. The molecule has 4 aromatic rings. The van der Waals surface area contributed by atoms with Crippen LogP contribution in [-0.2, 0) is 6.61 Å². The van der Waals surface area contributed by atoms with E-state index in [1.165, 1.54) is 23.9 Å². The molecule has 0 radical (unpaired) electrons. The van der Waals surface area contributed by atoms with Crippen molar-refractivity contribution in [1.29, 1.82) is 0 Å². The minimum absolute atomic E-state index is 0.263. The van der Waals surface area contributed by atoms with Crippen LogP contribution in [0.5, 0.6) is 5.75 Å². The zero-order valence-corrected chi connectivity index (χ0v) is 18.6. The number of thioether (sulfide) groups is 1. The predicted molar refractivity (Wildman–Crippen MR) is 124 cm³/mol. The Kier molecular flexibility index (Phi) is 6.99. The largest absolute Gasteiger partial charge is 0.489 e. The first-order valence-corrected chi connectivity index (χ1v) is 11.1. The van der Waals surface area contributed by atoms with Crippen LogP contribution in [0.25, 0.3) is 5.69 Å². The maximum atomic E-state index is 13.0. The zero-order chi connectivity index (χ0) is 23.2. The summed E-state index contributed by atoms with van der Waals surface area (Å²) in [7, 11) is 0. The summed E-state index contributed by atoms with van der Waals surface area (Å²) in [5.41, 5.74) is 2.52. The van der Waals surface area contributed by atoms with Crippen molar-refractivity contribution in [2.45, 2.75) is 23.9 Å². The summed E-state index contributed by atoms with van der Waals surface area (Å²) >= 11 is 1.30. The number of hydrogen-bond donors (Lipinski definition) is 0. The molecule has 0 N–H and O–H groups in total. The van der Waals surface area contributed by atoms with E-state index < -0.39 is 5.25 Å². The topological polar surface area (TPSA) is 83.1 Å². The number of hydrogen-bond acceptors (Lipinski definition) is 6. The fourth-order valence-electron chi connectivity index (χ4n) is 3.29. The third-order valence-electron chi connectivity index (χ3n) is 4.94. The van der Waals surface area contributed by atoms with E-state index in [2.05, 4.69) is 10.2 Å². The molecule has 1 aromatic heterocycles. The smallest absolute Gasteiger partial charge is 0.220 e. The average molecular weight is 465 g/mol. The Morgan fingerprint density at radius 2 is 1.73 bits per heavy atom. The SMILES string of the molecule is Cc1nnc(S[C@H](C[N+](=O)[O-])c2ccc(OCc3ccc(F)cc3)cc2)n1-c1ccccc1. The van der Waals surface area contributed by atoms with Crippen LogP contribution in [-0.4, -0.2) is 26.2 Å². The Labute approximate surface area is 194 Å². The van der Waals surface area contributed by atoms with Crippen LogP contribution in [0.2, 0.25) is 0 Å². The second-order valence-electron chi connectivity index (χ2n) is 7.31. The first kappa shape index (κ1) is 22.5. The summed E-state index contributed by atoms with van der Waals surface area (Å²) < 4.78 is 20.7. The molecule has 0 bridgehead atoms. The fourth-order valence-corrected chi connectivity index (χ4v) is 4.47. The molecular weight excluding hydrogens is 443 g/mol. The van der Waals surface area contributed by atoms with E-state index in [4.69, 9.17) is 4.74 Å². The molecular formula is C24H21FN4O3S. The molecule has 0 amide bonds. The third-order valence-corrected chi connectivity index (χ3v) is 6.12. The molecule has 4 rings (SSSR count). The summed E-state index contributed by atoms with van der Waals surface area (Å²) in [4.78, 5) is 11.1. The van der Waals surface area contributed by atoms with Gasteiger partial charge >= 0.3 is 0 Å². The summed E-state index contributed by atoms with van der Waals surface area (Å²) in [5.74, 6) is 1.03. The quantitative estimate of drug-likeness (QED) is 0.187. The highest BCUT2D eigenvalue weighted by Crippen LogP contribution is 2.36. The standard InChI is InChI=1S/C24H21FN4O3S/c1-17-26-27-24(29(17)21-5-3-2-4-6-21)33-23(15-28(30)31)19-9-13-22(14-10-19)32-16-18-7-11-20(25)12-8-18/h2-14,23H,15-16H2,1H3/t23-/m1/s1. The molecule has 1 atom stereocenters. The second kappa shape index (κ2) is 10.3. The molecule has 0 unspecified atom stereocenters. The first-order chi connectivity index (χ1) is 16.0. The van der Waals surface area contributed by atoms with Gasteiger partial charge in [0, 0.05) is 10.6 Å². The van der Waals surface area contributed by atoms with Gasteiger partial charge in [-0.15, -0.1) is 10.2 Å². The minimum atomic E-state index is -0.461. The van der Waals surface area contributed by atoms with Crippen molar-refractivity contribution in [3.63, 3.8) is 0 Å². The Morgan fingerprint density at radius 1 is 1.03 bits per heavy atom. The molecule has 9 heteroatoms. The van der Waals surface area contributed by atoms with E-state index in [0.29, 0.717) is 23.3 Å². The van der Waals surface area contributed by atoms with Gasteiger partial charge in [-0.2, -0.15) is 0 Å². The van der Waals surface area contributed by atoms with Crippen molar-refractivity contribution in [3.8, 4) is 11.4 Å². The second-order valence-corrected chi connectivity index (χ2v) is 8.48. The Balaban J connectivity index is 1.51. The highest BCUT2D eigenvalue weighted by Gasteiger charge is 2.23. The molecule has 0 spiro atoms. The molecule has 33 heavy (non-hydrogen) atoms. The maximum absolute atomic E-state index is 13.0. The Bertz CT molecular complexity index is 1210. The molecule has 3 aromatic carbocycles. The number of benzene rings is 3. The normalized spacial score (nSPS) is 11.8. The molecule has 0 fully saturated rings. The lowest BCUT2D eigenvalue weighted by atomic mass is 10.1. The third kappa shape index (κ3) is 5.75. The van der Waals surface area contributed by atoms with Crippen molar-refractivity contribution in [2.75, 3.05) is 6.54 Å². The van der Waals surface area contributed by atoms with Crippen LogP contribution < -0.4 is 4.74 Å². The number of aryl methyl sites for hydroxylation is 1. The van der Waals surface area contributed by atoms with E-state index in [-0.39, 0.29) is 17.3 Å². The van der Waals surface area contributed by atoms with Gasteiger partial charge in [-0.1, -0.05) is 54.2 Å². The lowest BCUT2D eigenvalue weighted by Gasteiger charge is -2.15. The van der Waals surface area contributed by atoms with Gasteiger partial charge in [-0.05, 0) is 54.4 Å². The molecule has 0 saturated carbocycles. The van der Waals surface area contributed by atoms with Gasteiger partial charge in [-0.3, -0.25) is 14.7 Å². The van der Waals surface area contributed by atoms with Gasteiger partial charge in [0.25, 0.3) is 0 Å². The monoisotopic (exact) mass is 464 g/mol. The van der Waals surface area contributed by atoms with E-state index >= 15 is 0 Å². The molecule has 7 nitrogen and oxygen atoms in total. The van der Waals surface area contributed by atoms with Crippen LogP contribution in [0, 0.1) is 22.9 Å². The number of nitro groups is 1. The van der Waals surface area contributed by atoms with Gasteiger partial charge in [0.05, 0.1) is 0 Å². The minimum Gasteiger partial charge on any atom is -0.489 e. The van der Waals surface area contributed by atoms with Crippen LogP contribution in [0.15, 0.2) is 84.0 Å². The predicted octanol–water partition coefficient (Wildman–Crippen LogP) is 5.40. The van der Waals surface area contributed by atoms with Crippen LogP contribution >= 0.6 is 11.8 Å². The van der Waals surface area contributed by atoms with Gasteiger partial charge in [-0.25, -0.2) is 4.39 Å². The molecule has 0 aliphatic carbocycles. The number of para-hydroxylation sites is 1. The number of halogens is 1. The van der Waals surface area contributed by atoms with Gasteiger partial charge in [0.2, 0.25) is 6.54 Å². The van der Waals surface area contributed by atoms with Gasteiger partial charge in [0.15, 0.2) is 5.16 Å². The molecule has 168 valence electrons. The number of ether oxygens (including phenoxy) is 1. The lowest BCUT2D eigenvalue weighted by Crippen LogP contribution is -2.11. The Hall–Kier alpha value is -3.72. The summed E-state index contributed by atoms with van der Waals surface area (Å²) in [6.07, 6.45) is 0. The van der Waals surface area contributed by atoms with E-state index in [0.717, 1.165) is 16.8 Å². The van der Waals surface area contributed by atoms with Crippen molar-refractivity contribution in [2.24, 2.45) is 0 Å². The van der Waals surface area contributed by atoms with Crippen molar-refractivity contribution in [3.05, 3.63) is 112 Å². The average Bonchev–Trinajstić information content (AvgIpc) is 3.19. The van der Waals surface area contributed by atoms with Crippen molar-refractivity contribution in [1.82, 2.24) is 14.8 Å². The molecule has 0 saturated heterocycles. The number of rotatable bonds is 9. The summed E-state index contributed by atoms with van der Waals surface area (Å²) in [6, 6.07) is 22.9. The van der Waals surface area contributed by atoms with E-state index in [9.17, 15) is 14.5 Å². The van der Waals surface area contributed by atoms with Gasteiger partial charge < -0.3 is 4.74 Å². The highest BCUT2D eigenvalue weighted by molar-refractivity contribution is 7.99. The molecule has 0 aliphatic rings. The molecule has 1 heterocycles. The van der Waals surface area contributed by atoms with Crippen LogP contribution in [0.1, 0.15) is 22.2 Å². The van der Waals surface area contributed by atoms with Crippen molar-refractivity contribution >= 4 is 11.8 Å². The first-order valence-electron chi connectivity index (χ1n) is 10.2. The van der Waals surface area contributed by atoms with Gasteiger partial charge in [0.1, 0.15) is 29.2 Å². The summed E-state index contributed by atoms with van der Waals surface area (Å²) in [5, 5.41) is 19.9. The van der Waals surface area contributed by atoms with E-state index in [1.807, 2.05) is 54.0 Å². The van der Waals surface area contributed by atoms with Crippen LogP contribution in [0.4, 0.5) is 4.39 Å². The van der Waals surface area contributed by atoms with Crippen LogP contribution in [0.3, 0.4) is 0 Å².